The molecule has 0 saturated heterocycles. The third kappa shape index (κ3) is 2.79. The van der Waals surface area contributed by atoms with E-state index in [0.29, 0.717) is 16.5 Å². The van der Waals surface area contributed by atoms with Gasteiger partial charge in [0.25, 0.3) is 5.82 Å². The second-order valence-electron chi connectivity index (χ2n) is 4.26. The van der Waals surface area contributed by atoms with Gasteiger partial charge in [0, 0.05) is 10.4 Å². The van der Waals surface area contributed by atoms with Crippen LogP contribution in [0.15, 0.2) is 22.7 Å². The Morgan fingerprint density at radius 3 is 2.74 bits per heavy atom. The van der Waals surface area contributed by atoms with E-state index in [1.807, 2.05) is 13.8 Å². The molecule has 0 bridgehead atoms. The fourth-order valence-corrected chi connectivity index (χ4v) is 2.16. The summed E-state index contributed by atoms with van der Waals surface area (Å²) >= 11 is 9.49. The highest BCUT2D eigenvalue weighted by Crippen LogP contribution is 2.27. The first kappa shape index (κ1) is 14.0. The molecule has 0 unspecified atom stereocenters. The Bertz CT molecular complexity index is 640. The molecule has 0 atom stereocenters. The molecule has 0 saturated carbocycles. The predicted molar refractivity (Wildman–Crippen MR) is 75.1 cm³/mol. The number of nitrogens with zero attached hydrogens (tertiary/aromatic N) is 3. The van der Waals surface area contributed by atoms with Gasteiger partial charge in [-0.1, -0.05) is 41.4 Å². The van der Waals surface area contributed by atoms with Crippen LogP contribution >= 0.6 is 27.5 Å². The Morgan fingerprint density at radius 2 is 2.16 bits per heavy atom. The van der Waals surface area contributed by atoms with Crippen molar-refractivity contribution in [2.75, 3.05) is 0 Å². The van der Waals surface area contributed by atoms with Crippen molar-refractivity contribution in [3.8, 4) is 5.69 Å². The number of rotatable bonds is 3. The van der Waals surface area contributed by atoms with Crippen molar-refractivity contribution in [3.63, 3.8) is 0 Å². The van der Waals surface area contributed by atoms with Gasteiger partial charge in [-0.2, -0.15) is 0 Å². The zero-order chi connectivity index (χ0) is 14.2. The van der Waals surface area contributed by atoms with E-state index in [9.17, 15) is 4.79 Å². The topological polar surface area (TPSA) is 68.0 Å². The Morgan fingerprint density at radius 1 is 1.47 bits per heavy atom. The highest BCUT2D eigenvalue weighted by Gasteiger charge is 2.20. The molecule has 0 radical (unpaired) electrons. The lowest BCUT2D eigenvalue weighted by atomic mass is 10.2. The van der Waals surface area contributed by atoms with E-state index in [0.717, 1.165) is 4.47 Å². The number of hydrogen-bond donors (Lipinski definition) is 1. The van der Waals surface area contributed by atoms with Gasteiger partial charge in [0.2, 0.25) is 0 Å². The molecule has 0 amide bonds. The van der Waals surface area contributed by atoms with Crippen molar-refractivity contribution in [1.29, 1.82) is 0 Å². The lowest BCUT2D eigenvalue weighted by Gasteiger charge is -2.10. The monoisotopic (exact) mass is 343 g/mol. The van der Waals surface area contributed by atoms with Gasteiger partial charge in [0.1, 0.15) is 5.82 Å². The Labute approximate surface area is 123 Å². The van der Waals surface area contributed by atoms with E-state index in [4.69, 9.17) is 16.7 Å². The van der Waals surface area contributed by atoms with Gasteiger partial charge in [0.15, 0.2) is 0 Å². The number of carboxylic acids is 1. The van der Waals surface area contributed by atoms with Crippen LogP contribution in [0.2, 0.25) is 5.02 Å². The van der Waals surface area contributed by atoms with Crippen LogP contribution in [0.25, 0.3) is 5.69 Å². The van der Waals surface area contributed by atoms with Crippen LogP contribution in [0.3, 0.4) is 0 Å². The van der Waals surface area contributed by atoms with Gasteiger partial charge in [0.05, 0.1) is 10.7 Å². The number of carboxylic acid groups (broad SMARTS) is 1. The maximum atomic E-state index is 11.0. The van der Waals surface area contributed by atoms with E-state index < -0.39 is 5.97 Å². The Hall–Kier alpha value is -1.40. The maximum Gasteiger partial charge on any atom is 0.375 e. The van der Waals surface area contributed by atoms with Gasteiger partial charge in [-0.25, -0.2) is 14.5 Å². The first-order chi connectivity index (χ1) is 8.90. The minimum absolute atomic E-state index is 0.0237. The molecule has 0 aliphatic carbocycles. The quantitative estimate of drug-likeness (QED) is 0.925. The van der Waals surface area contributed by atoms with Crippen molar-refractivity contribution in [2.45, 2.75) is 19.8 Å². The van der Waals surface area contributed by atoms with Crippen LogP contribution in [0.5, 0.6) is 0 Å². The van der Waals surface area contributed by atoms with E-state index in [2.05, 4.69) is 26.0 Å². The summed E-state index contributed by atoms with van der Waals surface area (Å²) in [6, 6.07) is 5.29. The minimum Gasteiger partial charge on any atom is -0.475 e. The van der Waals surface area contributed by atoms with E-state index in [1.165, 1.54) is 4.68 Å². The van der Waals surface area contributed by atoms with Crippen molar-refractivity contribution in [2.24, 2.45) is 0 Å². The van der Waals surface area contributed by atoms with E-state index in [1.54, 1.807) is 18.2 Å². The van der Waals surface area contributed by atoms with E-state index >= 15 is 0 Å². The average molecular weight is 345 g/mol. The molecule has 0 aliphatic rings. The molecule has 1 aromatic carbocycles. The summed E-state index contributed by atoms with van der Waals surface area (Å²) in [6.07, 6.45) is 0. The molecule has 0 spiro atoms. The number of benzene rings is 1. The average Bonchev–Trinajstić information content (AvgIpc) is 2.77. The second kappa shape index (κ2) is 5.30. The summed E-state index contributed by atoms with van der Waals surface area (Å²) < 4.78 is 2.30. The molecule has 0 fully saturated rings. The van der Waals surface area contributed by atoms with Gasteiger partial charge >= 0.3 is 5.97 Å². The Balaban J connectivity index is 2.66. The van der Waals surface area contributed by atoms with Crippen LogP contribution in [0, 0.1) is 0 Å². The molecule has 1 N–H and O–H groups in total. The fourth-order valence-electron chi connectivity index (χ4n) is 1.61. The molecule has 2 aromatic rings. The zero-order valence-corrected chi connectivity index (χ0v) is 12.6. The molecule has 100 valence electrons. The third-order valence-corrected chi connectivity index (χ3v) is 3.29. The SMILES string of the molecule is CC(C)c1nc(C(=O)O)nn1-c1cc(Br)ccc1Cl. The molecule has 7 heteroatoms. The molecule has 2 rings (SSSR count). The van der Waals surface area contributed by atoms with Crippen molar-refractivity contribution >= 4 is 33.5 Å². The number of aromatic nitrogens is 3. The molecule has 1 heterocycles. The third-order valence-electron chi connectivity index (χ3n) is 2.48. The highest BCUT2D eigenvalue weighted by atomic mass is 79.9. The molecular weight excluding hydrogens is 334 g/mol. The lowest BCUT2D eigenvalue weighted by molar-refractivity contribution is 0.0683. The maximum absolute atomic E-state index is 11.0. The van der Waals surface area contributed by atoms with Crippen molar-refractivity contribution in [3.05, 3.63) is 39.3 Å². The molecule has 5 nitrogen and oxygen atoms in total. The summed E-state index contributed by atoms with van der Waals surface area (Å²) in [5.74, 6) is -0.820. The first-order valence-electron chi connectivity index (χ1n) is 5.56. The van der Waals surface area contributed by atoms with E-state index in [-0.39, 0.29) is 11.7 Å². The number of halogens is 2. The standard InChI is InChI=1S/C12H11BrClN3O2/c1-6(2)11-15-10(12(18)19)16-17(11)9-5-7(13)3-4-8(9)14/h3-6H,1-2H3,(H,18,19). The van der Waals surface area contributed by atoms with Gasteiger partial charge in [-0.15, -0.1) is 5.10 Å². The lowest BCUT2D eigenvalue weighted by Crippen LogP contribution is -2.05. The fraction of sp³-hybridized carbons (Fsp3) is 0.250. The van der Waals surface area contributed by atoms with Gasteiger partial charge < -0.3 is 5.11 Å². The second-order valence-corrected chi connectivity index (χ2v) is 5.58. The smallest absolute Gasteiger partial charge is 0.375 e. The van der Waals surface area contributed by atoms with Crippen molar-refractivity contribution in [1.82, 2.24) is 14.8 Å². The van der Waals surface area contributed by atoms with Crippen LogP contribution < -0.4 is 0 Å². The number of hydrogen-bond acceptors (Lipinski definition) is 3. The van der Waals surface area contributed by atoms with Crippen molar-refractivity contribution < 1.29 is 9.90 Å². The number of carbonyl (C=O) groups is 1. The van der Waals surface area contributed by atoms with Crippen LogP contribution in [0.4, 0.5) is 0 Å². The van der Waals surface area contributed by atoms with Crippen LogP contribution in [-0.2, 0) is 0 Å². The summed E-state index contributed by atoms with van der Waals surface area (Å²) in [6.45, 7) is 3.83. The molecule has 19 heavy (non-hydrogen) atoms. The Kier molecular flexibility index (Phi) is 3.91. The largest absolute Gasteiger partial charge is 0.475 e. The zero-order valence-electron chi connectivity index (χ0n) is 10.3. The summed E-state index contributed by atoms with van der Waals surface area (Å²) in [7, 11) is 0. The molecular formula is C12H11BrClN3O2. The van der Waals surface area contributed by atoms with Gasteiger partial charge in [-0.05, 0) is 18.2 Å². The normalized spacial score (nSPS) is 11.0. The van der Waals surface area contributed by atoms with Crippen LogP contribution in [0.1, 0.15) is 36.2 Å². The summed E-state index contributed by atoms with van der Waals surface area (Å²) in [4.78, 5) is 15.0. The van der Waals surface area contributed by atoms with Gasteiger partial charge in [-0.3, -0.25) is 0 Å². The summed E-state index contributed by atoms with van der Waals surface area (Å²) in [5.41, 5.74) is 0.597. The molecule has 1 aromatic heterocycles. The first-order valence-corrected chi connectivity index (χ1v) is 6.73. The molecule has 0 aliphatic heterocycles. The highest BCUT2D eigenvalue weighted by molar-refractivity contribution is 9.10. The minimum atomic E-state index is -1.16. The van der Waals surface area contributed by atoms with Crippen LogP contribution in [-0.4, -0.2) is 25.8 Å². The number of aromatic carboxylic acids is 1. The summed E-state index contributed by atoms with van der Waals surface area (Å²) in [5, 5.41) is 13.5. The predicted octanol–water partition coefficient (Wildman–Crippen LogP) is 3.50.